The number of likely N-dealkylation sites (tertiary alicyclic amines) is 1. The SMILES string of the molecule is CNCC1(CN2CC(C)CCC2C)CCOC1. The standard InChI is InChI=1S/C14H28N2O/c1-12-4-5-13(2)16(8-12)10-14(9-15-3)6-7-17-11-14/h12-13,15H,4-11H2,1-3H3. The molecule has 1 N–H and O–H groups in total. The molecule has 0 saturated carbocycles. The van der Waals surface area contributed by atoms with Crippen LogP contribution in [0.3, 0.4) is 0 Å². The molecule has 2 saturated heterocycles. The molecule has 3 unspecified atom stereocenters. The molecule has 0 aromatic carbocycles. The number of nitrogens with one attached hydrogen (secondary N) is 1. The fourth-order valence-corrected chi connectivity index (χ4v) is 3.38. The molecule has 0 aromatic heterocycles. The number of ether oxygens (including phenoxy) is 1. The van der Waals surface area contributed by atoms with E-state index in [1.807, 2.05) is 0 Å². The predicted molar refractivity (Wildman–Crippen MR) is 71.2 cm³/mol. The lowest BCUT2D eigenvalue weighted by Crippen LogP contribution is -2.50. The zero-order chi connectivity index (χ0) is 12.3. The summed E-state index contributed by atoms with van der Waals surface area (Å²) in [5.41, 5.74) is 0.361. The maximum Gasteiger partial charge on any atom is 0.0547 e. The van der Waals surface area contributed by atoms with Gasteiger partial charge in [0.25, 0.3) is 0 Å². The topological polar surface area (TPSA) is 24.5 Å². The van der Waals surface area contributed by atoms with Crippen LogP contribution in [0.25, 0.3) is 0 Å². The maximum absolute atomic E-state index is 5.65. The van der Waals surface area contributed by atoms with E-state index in [9.17, 15) is 0 Å². The lowest BCUT2D eigenvalue weighted by Gasteiger charge is -2.42. The summed E-state index contributed by atoms with van der Waals surface area (Å²) in [5, 5.41) is 3.36. The number of nitrogens with zero attached hydrogens (tertiary/aromatic N) is 1. The fraction of sp³-hybridized carbons (Fsp3) is 1.00. The van der Waals surface area contributed by atoms with E-state index in [1.54, 1.807) is 0 Å². The zero-order valence-corrected chi connectivity index (χ0v) is 11.7. The maximum atomic E-state index is 5.65. The van der Waals surface area contributed by atoms with Crippen LogP contribution in [0.1, 0.15) is 33.1 Å². The Kier molecular flexibility index (Phi) is 4.45. The summed E-state index contributed by atoms with van der Waals surface area (Å²) in [6.45, 7) is 10.2. The Morgan fingerprint density at radius 1 is 1.35 bits per heavy atom. The van der Waals surface area contributed by atoms with Gasteiger partial charge in [0.1, 0.15) is 0 Å². The second-order valence-corrected chi connectivity index (χ2v) is 6.29. The Labute approximate surface area is 106 Å². The molecule has 3 atom stereocenters. The van der Waals surface area contributed by atoms with Gasteiger partial charge in [0.05, 0.1) is 6.61 Å². The van der Waals surface area contributed by atoms with E-state index in [2.05, 4.69) is 31.1 Å². The van der Waals surface area contributed by atoms with Gasteiger partial charge in [-0.15, -0.1) is 0 Å². The zero-order valence-electron chi connectivity index (χ0n) is 11.7. The van der Waals surface area contributed by atoms with Crippen LogP contribution in [0.15, 0.2) is 0 Å². The molecule has 3 nitrogen and oxygen atoms in total. The van der Waals surface area contributed by atoms with Crippen molar-refractivity contribution < 1.29 is 4.74 Å². The van der Waals surface area contributed by atoms with E-state index in [0.29, 0.717) is 5.41 Å². The average Bonchev–Trinajstić information content (AvgIpc) is 2.73. The lowest BCUT2D eigenvalue weighted by atomic mass is 9.84. The van der Waals surface area contributed by atoms with Gasteiger partial charge in [-0.3, -0.25) is 4.90 Å². The molecule has 100 valence electrons. The summed E-state index contributed by atoms with van der Waals surface area (Å²) >= 11 is 0. The quantitative estimate of drug-likeness (QED) is 0.810. The monoisotopic (exact) mass is 240 g/mol. The minimum atomic E-state index is 0.361. The van der Waals surface area contributed by atoms with E-state index in [0.717, 1.165) is 31.7 Å². The van der Waals surface area contributed by atoms with Gasteiger partial charge in [-0.1, -0.05) is 6.92 Å². The van der Waals surface area contributed by atoms with Crippen LogP contribution in [-0.4, -0.2) is 50.8 Å². The second kappa shape index (κ2) is 5.68. The van der Waals surface area contributed by atoms with Crippen molar-refractivity contribution in [2.75, 3.05) is 39.9 Å². The smallest absolute Gasteiger partial charge is 0.0547 e. The molecule has 3 heteroatoms. The van der Waals surface area contributed by atoms with Crippen molar-refractivity contribution in [2.24, 2.45) is 11.3 Å². The van der Waals surface area contributed by atoms with E-state index in [-0.39, 0.29) is 0 Å². The van der Waals surface area contributed by atoms with Gasteiger partial charge in [0.15, 0.2) is 0 Å². The third-order valence-electron chi connectivity index (χ3n) is 4.52. The minimum Gasteiger partial charge on any atom is -0.381 e. The molecule has 2 heterocycles. The molecule has 0 radical (unpaired) electrons. The van der Waals surface area contributed by atoms with Crippen LogP contribution in [0.5, 0.6) is 0 Å². The summed E-state index contributed by atoms with van der Waals surface area (Å²) in [6.07, 6.45) is 3.97. The molecule has 2 aliphatic heterocycles. The molecule has 2 aliphatic rings. The Morgan fingerprint density at radius 3 is 2.82 bits per heavy atom. The fourth-order valence-electron chi connectivity index (χ4n) is 3.38. The summed E-state index contributed by atoms with van der Waals surface area (Å²) in [5.74, 6) is 0.861. The van der Waals surface area contributed by atoms with Crippen molar-refractivity contribution in [1.29, 1.82) is 0 Å². The molecule has 2 fully saturated rings. The van der Waals surface area contributed by atoms with E-state index < -0.39 is 0 Å². The van der Waals surface area contributed by atoms with Crippen LogP contribution < -0.4 is 5.32 Å². The number of hydrogen-bond donors (Lipinski definition) is 1. The summed E-state index contributed by atoms with van der Waals surface area (Å²) < 4.78 is 5.65. The molecule has 2 rings (SSSR count). The first-order valence-corrected chi connectivity index (χ1v) is 7.12. The van der Waals surface area contributed by atoms with Gasteiger partial charge >= 0.3 is 0 Å². The van der Waals surface area contributed by atoms with Gasteiger partial charge in [-0.2, -0.15) is 0 Å². The third-order valence-corrected chi connectivity index (χ3v) is 4.52. The molecule has 0 aliphatic carbocycles. The minimum absolute atomic E-state index is 0.361. The van der Waals surface area contributed by atoms with Gasteiger partial charge in [0, 0.05) is 37.7 Å². The van der Waals surface area contributed by atoms with Crippen LogP contribution >= 0.6 is 0 Å². The molecule has 0 bridgehead atoms. The van der Waals surface area contributed by atoms with Gasteiger partial charge < -0.3 is 10.1 Å². The Hall–Kier alpha value is -0.120. The lowest BCUT2D eigenvalue weighted by molar-refractivity contribution is 0.0563. The number of hydrogen-bond acceptors (Lipinski definition) is 3. The average molecular weight is 240 g/mol. The van der Waals surface area contributed by atoms with Crippen LogP contribution in [0.4, 0.5) is 0 Å². The first kappa shape index (κ1) is 13.3. The number of rotatable bonds is 4. The van der Waals surface area contributed by atoms with E-state index in [1.165, 1.54) is 32.4 Å². The molecule has 0 spiro atoms. The molecular formula is C14H28N2O. The molecule has 0 amide bonds. The van der Waals surface area contributed by atoms with E-state index >= 15 is 0 Å². The third kappa shape index (κ3) is 3.21. The first-order chi connectivity index (χ1) is 8.15. The van der Waals surface area contributed by atoms with E-state index in [4.69, 9.17) is 4.74 Å². The van der Waals surface area contributed by atoms with Gasteiger partial charge in [0.2, 0.25) is 0 Å². The van der Waals surface area contributed by atoms with Crippen LogP contribution in [0.2, 0.25) is 0 Å². The normalized spacial score (nSPS) is 39.7. The van der Waals surface area contributed by atoms with Crippen molar-refractivity contribution in [3.63, 3.8) is 0 Å². The van der Waals surface area contributed by atoms with Crippen molar-refractivity contribution in [3.05, 3.63) is 0 Å². The largest absolute Gasteiger partial charge is 0.381 e. The van der Waals surface area contributed by atoms with Crippen LogP contribution in [0, 0.1) is 11.3 Å². The molecule has 0 aromatic rings. The highest BCUT2D eigenvalue weighted by molar-refractivity contribution is 4.90. The van der Waals surface area contributed by atoms with Crippen molar-refractivity contribution >= 4 is 0 Å². The predicted octanol–water partition coefficient (Wildman–Crippen LogP) is 1.73. The highest BCUT2D eigenvalue weighted by Gasteiger charge is 2.38. The Morgan fingerprint density at radius 2 is 2.18 bits per heavy atom. The molecular weight excluding hydrogens is 212 g/mol. The molecule has 17 heavy (non-hydrogen) atoms. The summed E-state index contributed by atoms with van der Waals surface area (Å²) in [7, 11) is 2.06. The summed E-state index contributed by atoms with van der Waals surface area (Å²) in [4.78, 5) is 2.69. The highest BCUT2D eigenvalue weighted by Crippen LogP contribution is 2.32. The van der Waals surface area contributed by atoms with Crippen molar-refractivity contribution in [1.82, 2.24) is 10.2 Å². The summed E-state index contributed by atoms with van der Waals surface area (Å²) in [6, 6.07) is 0.750. The number of piperidine rings is 1. The van der Waals surface area contributed by atoms with Gasteiger partial charge in [-0.05, 0) is 39.2 Å². The Bertz CT molecular complexity index is 238. The van der Waals surface area contributed by atoms with Crippen molar-refractivity contribution in [2.45, 2.75) is 39.2 Å². The highest BCUT2D eigenvalue weighted by atomic mass is 16.5. The second-order valence-electron chi connectivity index (χ2n) is 6.29. The van der Waals surface area contributed by atoms with Crippen molar-refractivity contribution in [3.8, 4) is 0 Å². The Balaban J connectivity index is 1.96. The van der Waals surface area contributed by atoms with Crippen LogP contribution in [-0.2, 0) is 4.74 Å². The van der Waals surface area contributed by atoms with Gasteiger partial charge in [-0.25, -0.2) is 0 Å². The first-order valence-electron chi connectivity index (χ1n) is 7.12.